The predicted molar refractivity (Wildman–Crippen MR) is 118 cm³/mol. The van der Waals surface area contributed by atoms with Crippen molar-refractivity contribution in [1.82, 2.24) is 10.6 Å². The fourth-order valence-electron chi connectivity index (χ4n) is 3.75. The Balaban J connectivity index is 1.43. The molecule has 8 heteroatoms. The van der Waals surface area contributed by atoms with Gasteiger partial charge in [0.15, 0.2) is 5.76 Å². The number of aryl methyl sites for hydroxylation is 1. The first-order valence-electron chi connectivity index (χ1n) is 10.1. The van der Waals surface area contributed by atoms with Crippen molar-refractivity contribution < 1.29 is 18.8 Å². The number of anilines is 1. The van der Waals surface area contributed by atoms with Gasteiger partial charge in [-0.15, -0.1) is 11.3 Å². The normalized spacial score (nSPS) is 18.2. The maximum Gasteiger partial charge on any atom is 0.287 e. The van der Waals surface area contributed by atoms with Crippen LogP contribution in [0.5, 0.6) is 0 Å². The molecule has 7 nitrogen and oxygen atoms in total. The first-order chi connectivity index (χ1) is 15.0. The molecule has 2 atom stereocenters. The minimum Gasteiger partial charge on any atom is -0.459 e. The van der Waals surface area contributed by atoms with E-state index < -0.39 is 5.92 Å². The van der Waals surface area contributed by atoms with Crippen LogP contribution in [-0.4, -0.2) is 30.8 Å². The minimum absolute atomic E-state index is 0.0754. The van der Waals surface area contributed by atoms with Crippen molar-refractivity contribution >= 4 is 34.7 Å². The Morgan fingerprint density at radius 2 is 1.87 bits per heavy atom. The number of nitrogens with zero attached hydrogens (tertiary/aromatic N) is 1. The lowest BCUT2D eigenvalue weighted by Gasteiger charge is -2.27. The third kappa shape index (κ3) is 4.54. The maximum atomic E-state index is 13.0. The smallest absolute Gasteiger partial charge is 0.287 e. The molecular weight excluding hydrogens is 414 g/mol. The fraction of sp³-hybridized carbons (Fsp3) is 0.261. The van der Waals surface area contributed by atoms with Gasteiger partial charge in [-0.3, -0.25) is 14.4 Å². The van der Waals surface area contributed by atoms with Gasteiger partial charge in [-0.2, -0.15) is 0 Å². The summed E-state index contributed by atoms with van der Waals surface area (Å²) in [6, 6.07) is 14.5. The molecule has 2 N–H and O–H groups in total. The van der Waals surface area contributed by atoms with Crippen LogP contribution in [0.15, 0.2) is 64.6 Å². The predicted octanol–water partition coefficient (Wildman–Crippen LogP) is 3.29. The fourth-order valence-corrected chi connectivity index (χ4v) is 4.63. The zero-order valence-electron chi connectivity index (χ0n) is 17.0. The second-order valence-corrected chi connectivity index (χ2v) is 8.37. The number of nitrogens with one attached hydrogen (secondary N) is 2. The molecule has 1 saturated heterocycles. The molecule has 160 valence electrons. The van der Waals surface area contributed by atoms with Gasteiger partial charge >= 0.3 is 0 Å². The van der Waals surface area contributed by atoms with Crippen LogP contribution in [0.2, 0.25) is 0 Å². The summed E-state index contributed by atoms with van der Waals surface area (Å²) in [5.41, 5.74) is 1.89. The highest BCUT2D eigenvalue weighted by Crippen LogP contribution is 2.43. The molecule has 1 aliphatic rings. The molecule has 3 heterocycles. The molecule has 3 amide bonds. The Morgan fingerprint density at radius 1 is 1.10 bits per heavy atom. The monoisotopic (exact) mass is 437 g/mol. The van der Waals surface area contributed by atoms with E-state index in [9.17, 15) is 14.4 Å². The Kier molecular flexibility index (Phi) is 6.18. The summed E-state index contributed by atoms with van der Waals surface area (Å²) >= 11 is 1.53. The van der Waals surface area contributed by atoms with E-state index in [4.69, 9.17) is 4.42 Å². The highest BCUT2D eigenvalue weighted by atomic mass is 32.1. The van der Waals surface area contributed by atoms with Crippen molar-refractivity contribution in [3.05, 3.63) is 76.4 Å². The molecule has 0 radical (unpaired) electrons. The van der Waals surface area contributed by atoms with Gasteiger partial charge in [-0.05, 0) is 42.6 Å². The molecule has 3 aromatic rings. The Labute approximate surface area is 184 Å². The third-order valence-electron chi connectivity index (χ3n) is 5.26. The molecule has 0 saturated carbocycles. The first kappa shape index (κ1) is 20.9. The molecule has 1 fully saturated rings. The zero-order chi connectivity index (χ0) is 21.8. The number of hydrogen-bond acceptors (Lipinski definition) is 5. The van der Waals surface area contributed by atoms with Crippen molar-refractivity contribution in [2.75, 3.05) is 18.0 Å². The molecule has 4 rings (SSSR count). The molecule has 0 unspecified atom stereocenters. The molecule has 0 bridgehead atoms. The SMILES string of the molecule is Cc1ccc(N2C(=O)C[C@H](C(=O)NCCNC(=O)c3ccco3)[C@@H]2c2cccs2)cc1. The standard InChI is InChI=1S/C23H23N3O4S/c1-15-6-8-16(9-7-15)26-20(27)14-17(21(26)19-5-3-13-31-19)22(28)24-10-11-25-23(29)18-4-2-12-30-18/h2-9,12-13,17,21H,10-11,14H2,1H3,(H,24,28)(H,25,29)/t17-,21+/m0/s1. The number of rotatable bonds is 7. The summed E-state index contributed by atoms with van der Waals surface area (Å²) < 4.78 is 5.04. The molecule has 2 aromatic heterocycles. The van der Waals surface area contributed by atoms with Crippen molar-refractivity contribution in [1.29, 1.82) is 0 Å². The second-order valence-electron chi connectivity index (χ2n) is 7.39. The summed E-state index contributed by atoms with van der Waals surface area (Å²) in [5, 5.41) is 7.51. The first-order valence-corrected chi connectivity index (χ1v) is 10.9. The maximum absolute atomic E-state index is 13.0. The van der Waals surface area contributed by atoms with Crippen LogP contribution < -0.4 is 15.5 Å². The molecule has 1 aromatic carbocycles. The van der Waals surface area contributed by atoms with Gasteiger partial charge in [-0.1, -0.05) is 23.8 Å². The molecule has 31 heavy (non-hydrogen) atoms. The van der Waals surface area contributed by atoms with E-state index in [0.717, 1.165) is 16.1 Å². The van der Waals surface area contributed by atoms with E-state index in [1.165, 1.54) is 17.6 Å². The van der Waals surface area contributed by atoms with Crippen LogP contribution in [0, 0.1) is 12.8 Å². The minimum atomic E-state index is -0.506. The topological polar surface area (TPSA) is 91.7 Å². The van der Waals surface area contributed by atoms with E-state index in [1.54, 1.807) is 17.0 Å². The van der Waals surface area contributed by atoms with Gasteiger partial charge < -0.3 is 20.0 Å². The number of hydrogen-bond donors (Lipinski definition) is 2. The molecular formula is C23H23N3O4S. The van der Waals surface area contributed by atoms with E-state index in [1.807, 2.05) is 48.7 Å². The van der Waals surface area contributed by atoms with Gasteiger partial charge in [0.1, 0.15) is 0 Å². The van der Waals surface area contributed by atoms with Crippen LogP contribution in [0.25, 0.3) is 0 Å². The summed E-state index contributed by atoms with van der Waals surface area (Å²) in [6.45, 7) is 2.52. The molecule has 0 spiro atoms. The quantitative estimate of drug-likeness (QED) is 0.555. The van der Waals surface area contributed by atoms with Crippen LogP contribution >= 0.6 is 11.3 Å². The van der Waals surface area contributed by atoms with E-state index in [-0.39, 0.29) is 49.0 Å². The van der Waals surface area contributed by atoms with Crippen molar-refractivity contribution in [2.24, 2.45) is 5.92 Å². The number of carbonyl (C=O) groups excluding carboxylic acids is 3. The number of benzene rings is 1. The third-order valence-corrected chi connectivity index (χ3v) is 6.20. The Bertz CT molecular complexity index is 1050. The van der Waals surface area contributed by atoms with Crippen LogP contribution in [0.4, 0.5) is 5.69 Å². The lowest BCUT2D eigenvalue weighted by molar-refractivity contribution is -0.126. The summed E-state index contributed by atoms with van der Waals surface area (Å²) in [4.78, 5) is 40.5. The lowest BCUT2D eigenvalue weighted by atomic mass is 9.97. The van der Waals surface area contributed by atoms with Gasteiger partial charge in [0.25, 0.3) is 5.91 Å². The summed E-state index contributed by atoms with van der Waals surface area (Å²) in [7, 11) is 0. The van der Waals surface area contributed by atoms with Gasteiger partial charge in [0.2, 0.25) is 11.8 Å². The highest BCUT2D eigenvalue weighted by molar-refractivity contribution is 7.10. The zero-order valence-corrected chi connectivity index (χ0v) is 17.9. The van der Waals surface area contributed by atoms with E-state index >= 15 is 0 Å². The van der Waals surface area contributed by atoms with Crippen LogP contribution in [0.1, 0.15) is 33.5 Å². The van der Waals surface area contributed by atoms with Crippen molar-refractivity contribution in [2.45, 2.75) is 19.4 Å². The Morgan fingerprint density at radius 3 is 2.55 bits per heavy atom. The highest BCUT2D eigenvalue weighted by Gasteiger charge is 2.45. The number of thiophene rings is 1. The van der Waals surface area contributed by atoms with E-state index in [2.05, 4.69) is 10.6 Å². The van der Waals surface area contributed by atoms with Crippen molar-refractivity contribution in [3.63, 3.8) is 0 Å². The second kappa shape index (κ2) is 9.18. The average Bonchev–Trinajstić information content (AvgIpc) is 3.52. The lowest BCUT2D eigenvalue weighted by Crippen LogP contribution is -2.39. The van der Waals surface area contributed by atoms with Crippen molar-refractivity contribution in [3.8, 4) is 0 Å². The number of furan rings is 1. The molecule has 1 aliphatic heterocycles. The van der Waals surface area contributed by atoms with Gasteiger partial charge in [0, 0.05) is 30.1 Å². The molecule has 0 aliphatic carbocycles. The van der Waals surface area contributed by atoms with Crippen LogP contribution in [0.3, 0.4) is 0 Å². The van der Waals surface area contributed by atoms with E-state index in [0.29, 0.717) is 0 Å². The van der Waals surface area contributed by atoms with Gasteiger partial charge in [-0.25, -0.2) is 0 Å². The summed E-state index contributed by atoms with van der Waals surface area (Å²) in [6.07, 6.45) is 1.57. The largest absolute Gasteiger partial charge is 0.459 e. The average molecular weight is 438 g/mol. The number of carbonyl (C=O) groups is 3. The van der Waals surface area contributed by atoms with Gasteiger partial charge in [0.05, 0.1) is 18.2 Å². The summed E-state index contributed by atoms with van der Waals surface area (Å²) in [5.74, 6) is -0.896. The van der Waals surface area contributed by atoms with Crippen LogP contribution in [-0.2, 0) is 9.59 Å². The Hall–Kier alpha value is -3.39. The number of amides is 3.